The van der Waals surface area contributed by atoms with E-state index in [1.54, 1.807) is 0 Å². The van der Waals surface area contributed by atoms with Crippen molar-refractivity contribution in [2.45, 2.75) is 33.1 Å². The van der Waals surface area contributed by atoms with Crippen molar-refractivity contribution in [1.82, 2.24) is 4.98 Å². The van der Waals surface area contributed by atoms with Crippen molar-refractivity contribution in [2.24, 2.45) is 0 Å². The Bertz CT molecular complexity index is 219. The molecule has 0 aliphatic rings. The topological polar surface area (TPSA) is 26.0 Å². The maximum atomic E-state index is 5.08. The van der Waals surface area contributed by atoms with Crippen LogP contribution in [0.15, 0.2) is 10.8 Å². The number of oxazole rings is 1. The van der Waals surface area contributed by atoms with Crippen molar-refractivity contribution in [2.75, 3.05) is 0 Å². The first kappa shape index (κ1) is 7.32. The first-order valence-electron chi connectivity index (χ1n) is 3.42. The Morgan fingerprint density at radius 2 is 2.00 bits per heavy atom. The van der Waals surface area contributed by atoms with Gasteiger partial charge in [0.25, 0.3) is 0 Å². The summed E-state index contributed by atoms with van der Waals surface area (Å²) in [5, 5.41) is 0. The summed E-state index contributed by atoms with van der Waals surface area (Å²) < 4.78 is 5.08. The summed E-state index contributed by atoms with van der Waals surface area (Å²) in [5.41, 5.74) is 1.16. The lowest BCUT2D eigenvalue weighted by Crippen LogP contribution is -2.12. The second kappa shape index (κ2) is 2.11. The van der Waals surface area contributed by atoms with Crippen molar-refractivity contribution in [3.63, 3.8) is 0 Å². The van der Waals surface area contributed by atoms with Gasteiger partial charge in [0.1, 0.15) is 5.76 Å². The average molecular weight is 139 g/mol. The molecule has 0 aliphatic heterocycles. The molecular formula is C8H13NO. The van der Waals surface area contributed by atoms with Crippen LogP contribution in [0.2, 0.25) is 0 Å². The highest BCUT2D eigenvalue weighted by Crippen LogP contribution is 2.22. The van der Waals surface area contributed by atoms with E-state index >= 15 is 0 Å². The summed E-state index contributed by atoms with van der Waals surface area (Å²) in [6.45, 7) is 8.31. The zero-order chi connectivity index (χ0) is 7.78. The minimum atomic E-state index is 0.108. The molecule has 0 saturated heterocycles. The van der Waals surface area contributed by atoms with Gasteiger partial charge in [-0.1, -0.05) is 20.8 Å². The van der Waals surface area contributed by atoms with Gasteiger partial charge in [-0.3, -0.25) is 0 Å². The standard InChI is InChI=1S/C8H13NO/c1-6-7(8(2,3)4)9-5-10-6/h5H,1-4H3. The molecule has 0 fully saturated rings. The van der Waals surface area contributed by atoms with E-state index in [1.165, 1.54) is 6.39 Å². The van der Waals surface area contributed by atoms with E-state index in [1.807, 2.05) is 6.92 Å². The Kier molecular flexibility index (Phi) is 1.55. The molecular weight excluding hydrogens is 126 g/mol. The fourth-order valence-electron chi connectivity index (χ4n) is 1.03. The Labute approximate surface area is 61.3 Å². The molecule has 0 unspecified atom stereocenters. The normalized spacial score (nSPS) is 12.0. The minimum absolute atomic E-state index is 0.108. The van der Waals surface area contributed by atoms with Crippen LogP contribution < -0.4 is 0 Å². The first-order chi connectivity index (χ1) is 4.52. The summed E-state index contributed by atoms with van der Waals surface area (Å²) in [6.07, 6.45) is 1.50. The van der Waals surface area contributed by atoms with Crippen molar-refractivity contribution in [3.05, 3.63) is 17.8 Å². The molecule has 0 bridgehead atoms. The highest BCUT2D eigenvalue weighted by molar-refractivity contribution is 5.14. The van der Waals surface area contributed by atoms with Crippen LogP contribution in [0.5, 0.6) is 0 Å². The summed E-state index contributed by atoms with van der Waals surface area (Å²) >= 11 is 0. The SMILES string of the molecule is Cc1ocnc1C(C)(C)C. The molecule has 0 amide bonds. The number of nitrogens with zero attached hydrogens (tertiary/aromatic N) is 1. The molecule has 1 heterocycles. The lowest BCUT2D eigenvalue weighted by atomic mass is 9.91. The number of aromatic nitrogens is 1. The van der Waals surface area contributed by atoms with Gasteiger partial charge in [0, 0.05) is 5.41 Å². The van der Waals surface area contributed by atoms with Gasteiger partial charge in [-0.15, -0.1) is 0 Å². The molecule has 0 aliphatic carbocycles. The molecule has 0 atom stereocenters. The summed E-state index contributed by atoms with van der Waals surface area (Å²) in [6, 6.07) is 0. The van der Waals surface area contributed by atoms with Crippen LogP contribution in [0.25, 0.3) is 0 Å². The fourth-order valence-corrected chi connectivity index (χ4v) is 1.03. The number of rotatable bonds is 0. The molecule has 0 N–H and O–H groups in total. The first-order valence-corrected chi connectivity index (χ1v) is 3.42. The molecule has 56 valence electrons. The van der Waals surface area contributed by atoms with E-state index in [9.17, 15) is 0 Å². The van der Waals surface area contributed by atoms with Crippen LogP contribution in [-0.4, -0.2) is 4.98 Å². The Morgan fingerprint density at radius 1 is 1.40 bits per heavy atom. The molecule has 0 aromatic carbocycles. The Hall–Kier alpha value is -0.790. The van der Waals surface area contributed by atoms with Crippen LogP contribution in [0.4, 0.5) is 0 Å². The van der Waals surface area contributed by atoms with Gasteiger partial charge < -0.3 is 4.42 Å². The van der Waals surface area contributed by atoms with Gasteiger partial charge in [-0.05, 0) is 6.92 Å². The molecule has 0 spiro atoms. The van der Waals surface area contributed by atoms with E-state index in [-0.39, 0.29) is 5.41 Å². The lowest BCUT2D eigenvalue weighted by molar-refractivity contribution is 0.506. The highest BCUT2D eigenvalue weighted by Gasteiger charge is 2.19. The lowest BCUT2D eigenvalue weighted by Gasteiger charge is -2.14. The molecule has 1 rings (SSSR count). The molecule has 0 radical (unpaired) electrons. The maximum Gasteiger partial charge on any atom is 0.181 e. The van der Waals surface area contributed by atoms with E-state index in [4.69, 9.17) is 4.42 Å². The Morgan fingerprint density at radius 3 is 2.20 bits per heavy atom. The number of hydrogen-bond acceptors (Lipinski definition) is 2. The van der Waals surface area contributed by atoms with Gasteiger partial charge in [-0.25, -0.2) is 4.98 Å². The summed E-state index contributed by atoms with van der Waals surface area (Å²) in [7, 11) is 0. The predicted octanol–water partition coefficient (Wildman–Crippen LogP) is 2.28. The average Bonchev–Trinajstić information content (AvgIpc) is 2.11. The maximum absolute atomic E-state index is 5.08. The molecule has 1 aromatic rings. The van der Waals surface area contributed by atoms with E-state index in [0.29, 0.717) is 0 Å². The van der Waals surface area contributed by atoms with Crippen molar-refractivity contribution >= 4 is 0 Å². The van der Waals surface area contributed by atoms with Crippen molar-refractivity contribution in [3.8, 4) is 0 Å². The molecule has 10 heavy (non-hydrogen) atoms. The predicted molar refractivity (Wildman–Crippen MR) is 39.9 cm³/mol. The molecule has 2 heteroatoms. The third kappa shape index (κ3) is 1.20. The van der Waals surface area contributed by atoms with Gasteiger partial charge in [-0.2, -0.15) is 0 Å². The van der Waals surface area contributed by atoms with Crippen LogP contribution in [0, 0.1) is 6.92 Å². The van der Waals surface area contributed by atoms with Gasteiger partial charge in [0.15, 0.2) is 6.39 Å². The number of hydrogen-bond donors (Lipinski definition) is 0. The Balaban J connectivity index is 3.05. The number of aryl methyl sites for hydroxylation is 1. The van der Waals surface area contributed by atoms with Crippen LogP contribution >= 0.6 is 0 Å². The third-order valence-corrected chi connectivity index (χ3v) is 1.46. The molecule has 1 aromatic heterocycles. The second-order valence-electron chi connectivity index (χ2n) is 3.51. The largest absolute Gasteiger partial charge is 0.448 e. The zero-order valence-corrected chi connectivity index (χ0v) is 6.93. The van der Waals surface area contributed by atoms with Crippen molar-refractivity contribution < 1.29 is 4.42 Å². The van der Waals surface area contributed by atoms with Gasteiger partial charge in [0.05, 0.1) is 5.69 Å². The second-order valence-corrected chi connectivity index (χ2v) is 3.51. The summed E-state index contributed by atoms with van der Waals surface area (Å²) in [5.74, 6) is 0.924. The monoisotopic (exact) mass is 139 g/mol. The van der Waals surface area contributed by atoms with Gasteiger partial charge in [0.2, 0.25) is 0 Å². The highest BCUT2D eigenvalue weighted by atomic mass is 16.3. The van der Waals surface area contributed by atoms with Crippen LogP contribution in [0.1, 0.15) is 32.2 Å². The van der Waals surface area contributed by atoms with Crippen LogP contribution in [0.3, 0.4) is 0 Å². The fraction of sp³-hybridized carbons (Fsp3) is 0.625. The molecule has 2 nitrogen and oxygen atoms in total. The zero-order valence-electron chi connectivity index (χ0n) is 6.93. The summed E-state index contributed by atoms with van der Waals surface area (Å²) in [4.78, 5) is 4.12. The minimum Gasteiger partial charge on any atom is -0.448 e. The van der Waals surface area contributed by atoms with Gasteiger partial charge >= 0.3 is 0 Å². The smallest absolute Gasteiger partial charge is 0.181 e. The third-order valence-electron chi connectivity index (χ3n) is 1.46. The molecule has 0 saturated carbocycles. The van der Waals surface area contributed by atoms with E-state index in [0.717, 1.165) is 11.5 Å². The van der Waals surface area contributed by atoms with E-state index in [2.05, 4.69) is 25.8 Å². The van der Waals surface area contributed by atoms with Crippen LogP contribution in [-0.2, 0) is 5.41 Å². The van der Waals surface area contributed by atoms with Crippen molar-refractivity contribution in [1.29, 1.82) is 0 Å². The quantitative estimate of drug-likeness (QED) is 0.551. The van der Waals surface area contributed by atoms with E-state index < -0.39 is 0 Å².